The number of benzene rings is 3. The van der Waals surface area contributed by atoms with Gasteiger partial charge in [0, 0.05) is 43.5 Å². The van der Waals surface area contributed by atoms with Crippen molar-refractivity contribution < 1.29 is 23.1 Å². The molecule has 1 saturated heterocycles. The molecule has 0 bridgehead atoms. The third-order valence-electron chi connectivity index (χ3n) is 7.49. The molecule has 0 saturated carbocycles. The van der Waals surface area contributed by atoms with Crippen LogP contribution in [0.1, 0.15) is 52.9 Å². The van der Waals surface area contributed by atoms with Crippen molar-refractivity contribution in [3.63, 3.8) is 0 Å². The highest BCUT2D eigenvalue weighted by atomic mass is 19.2. The van der Waals surface area contributed by atoms with Crippen molar-refractivity contribution in [2.24, 2.45) is 0 Å². The van der Waals surface area contributed by atoms with Gasteiger partial charge < -0.3 is 10.0 Å². The molecule has 0 unspecified atom stereocenters. The number of carboxylic acid groups (broad SMARTS) is 1. The Balaban J connectivity index is 1.58. The maximum atomic E-state index is 14.9. The second-order valence-corrected chi connectivity index (χ2v) is 9.92. The minimum absolute atomic E-state index is 0.0238. The SMILES string of the molecule is CC(C)N1CCN(c2ccc(C3=C(c4ccc(F)c(F)c4F)CCc4cc(C(=O)O)ccc43)cc2)CC1. The van der Waals surface area contributed by atoms with Crippen LogP contribution in [0.2, 0.25) is 0 Å². The molecule has 0 aromatic heterocycles. The van der Waals surface area contributed by atoms with Gasteiger partial charge in [0.05, 0.1) is 5.56 Å². The first-order chi connectivity index (χ1) is 17.7. The largest absolute Gasteiger partial charge is 0.478 e. The summed E-state index contributed by atoms with van der Waals surface area (Å²) in [6.07, 6.45) is 0.832. The van der Waals surface area contributed by atoms with Crippen LogP contribution in [0.25, 0.3) is 11.1 Å². The van der Waals surface area contributed by atoms with Gasteiger partial charge in [0.15, 0.2) is 17.5 Å². The molecule has 0 spiro atoms. The van der Waals surface area contributed by atoms with Crippen molar-refractivity contribution in [1.29, 1.82) is 0 Å². The fraction of sp³-hybridized carbons (Fsp3) is 0.300. The minimum atomic E-state index is -1.49. The highest BCUT2D eigenvalue weighted by Gasteiger charge is 2.26. The Bertz CT molecular complexity index is 1370. The summed E-state index contributed by atoms with van der Waals surface area (Å²) in [5, 5.41) is 9.45. The molecule has 1 aliphatic carbocycles. The number of allylic oxidation sites excluding steroid dienone is 1. The maximum Gasteiger partial charge on any atom is 0.335 e. The van der Waals surface area contributed by atoms with Gasteiger partial charge in [0.1, 0.15) is 0 Å². The molecular formula is C30H29F3N2O2. The number of hydrogen-bond acceptors (Lipinski definition) is 3. The molecule has 7 heteroatoms. The van der Waals surface area contributed by atoms with Crippen molar-refractivity contribution in [3.05, 3.63) is 99.9 Å². The molecule has 1 aliphatic heterocycles. The Labute approximate surface area is 214 Å². The van der Waals surface area contributed by atoms with E-state index in [9.17, 15) is 23.1 Å². The number of aromatic carboxylic acids is 1. The van der Waals surface area contributed by atoms with E-state index in [1.807, 2.05) is 24.3 Å². The van der Waals surface area contributed by atoms with Crippen molar-refractivity contribution >= 4 is 22.8 Å². The standard InChI is InChI=1S/C30H29F3N2O2/c1-18(2)34-13-15-35(16-14-34)22-7-3-19(4-8-22)27-23-9-6-21(30(36)37)17-20(23)5-10-24(27)25-11-12-26(31)29(33)28(25)32/h3-4,6-9,11-12,17-18H,5,10,13-16H2,1-2H3,(H,36,37). The second-order valence-electron chi connectivity index (χ2n) is 9.92. The van der Waals surface area contributed by atoms with Gasteiger partial charge in [-0.15, -0.1) is 0 Å². The number of carboxylic acids is 1. The summed E-state index contributed by atoms with van der Waals surface area (Å²) in [5.41, 5.74) is 4.99. The van der Waals surface area contributed by atoms with Crippen LogP contribution < -0.4 is 4.90 Å². The van der Waals surface area contributed by atoms with Crippen LogP contribution in [-0.4, -0.2) is 48.2 Å². The van der Waals surface area contributed by atoms with Crippen LogP contribution >= 0.6 is 0 Å². The number of piperazine rings is 1. The molecule has 0 atom stereocenters. The van der Waals surface area contributed by atoms with E-state index in [2.05, 4.69) is 23.6 Å². The zero-order valence-electron chi connectivity index (χ0n) is 20.9. The molecule has 1 fully saturated rings. The van der Waals surface area contributed by atoms with Crippen LogP contribution in [-0.2, 0) is 6.42 Å². The van der Waals surface area contributed by atoms with Crippen LogP contribution in [0.5, 0.6) is 0 Å². The van der Waals surface area contributed by atoms with Gasteiger partial charge in [-0.1, -0.05) is 18.2 Å². The lowest BCUT2D eigenvalue weighted by Crippen LogP contribution is -2.48. The normalized spacial score (nSPS) is 16.3. The predicted octanol–water partition coefficient (Wildman–Crippen LogP) is 6.24. The second kappa shape index (κ2) is 10.1. The zero-order valence-corrected chi connectivity index (χ0v) is 20.9. The molecule has 5 rings (SSSR count). The highest BCUT2D eigenvalue weighted by Crippen LogP contribution is 2.42. The number of halogens is 3. The van der Waals surface area contributed by atoms with E-state index >= 15 is 0 Å². The average Bonchev–Trinajstić information content (AvgIpc) is 2.91. The molecule has 0 amide bonds. The molecule has 1 N–H and O–H groups in total. The van der Waals surface area contributed by atoms with E-state index in [1.165, 1.54) is 12.1 Å². The maximum absolute atomic E-state index is 14.9. The number of nitrogens with zero attached hydrogens (tertiary/aromatic N) is 2. The third-order valence-corrected chi connectivity index (χ3v) is 7.49. The van der Waals surface area contributed by atoms with Gasteiger partial charge >= 0.3 is 5.97 Å². The number of aryl methyl sites for hydroxylation is 1. The van der Waals surface area contributed by atoms with Crippen molar-refractivity contribution in [2.45, 2.75) is 32.7 Å². The molecule has 37 heavy (non-hydrogen) atoms. The Morgan fingerprint density at radius 2 is 1.51 bits per heavy atom. The molecule has 192 valence electrons. The first kappa shape index (κ1) is 25.1. The monoisotopic (exact) mass is 506 g/mol. The summed E-state index contributed by atoms with van der Waals surface area (Å²) in [5.74, 6) is -4.95. The number of carbonyl (C=O) groups is 1. The Kier molecular flexibility index (Phi) is 6.82. The van der Waals surface area contributed by atoms with E-state index in [4.69, 9.17) is 0 Å². The molecule has 1 heterocycles. The lowest BCUT2D eigenvalue weighted by molar-refractivity contribution is 0.0696. The summed E-state index contributed by atoms with van der Waals surface area (Å²) in [4.78, 5) is 16.3. The van der Waals surface area contributed by atoms with Gasteiger partial charge in [-0.05, 0) is 90.9 Å². The first-order valence-corrected chi connectivity index (χ1v) is 12.6. The summed E-state index contributed by atoms with van der Waals surface area (Å²) >= 11 is 0. The Hall–Kier alpha value is -3.58. The number of anilines is 1. The summed E-state index contributed by atoms with van der Waals surface area (Å²) in [6, 6.07) is 15.6. The zero-order chi connectivity index (χ0) is 26.3. The van der Waals surface area contributed by atoms with E-state index in [0.717, 1.165) is 54.6 Å². The molecule has 3 aromatic carbocycles. The third kappa shape index (κ3) is 4.76. The number of hydrogen-bond donors (Lipinski definition) is 1. The van der Waals surface area contributed by atoms with E-state index < -0.39 is 23.4 Å². The van der Waals surface area contributed by atoms with E-state index in [0.29, 0.717) is 30.0 Å². The average molecular weight is 507 g/mol. The van der Waals surface area contributed by atoms with Gasteiger partial charge in [0.25, 0.3) is 0 Å². The molecule has 2 aliphatic rings. The smallest absolute Gasteiger partial charge is 0.335 e. The van der Waals surface area contributed by atoms with Crippen LogP contribution in [0.4, 0.5) is 18.9 Å². The van der Waals surface area contributed by atoms with Crippen LogP contribution in [0, 0.1) is 17.5 Å². The molecular weight excluding hydrogens is 477 g/mol. The fourth-order valence-corrected chi connectivity index (χ4v) is 5.42. The van der Waals surface area contributed by atoms with E-state index in [-0.39, 0.29) is 11.1 Å². The molecule has 4 nitrogen and oxygen atoms in total. The first-order valence-electron chi connectivity index (χ1n) is 12.6. The molecule has 3 aromatic rings. The topological polar surface area (TPSA) is 43.8 Å². The summed E-state index contributed by atoms with van der Waals surface area (Å²) < 4.78 is 42.8. The quantitative estimate of drug-likeness (QED) is 0.416. The summed E-state index contributed by atoms with van der Waals surface area (Å²) in [6.45, 7) is 8.23. The van der Waals surface area contributed by atoms with Gasteiger partial charge in [0.2, 0.25) is 0 Å². The summed E-state index contributed by atoms with van der Waals surface area (Å²) in [7, 11) is 0. The minimum Gasteiger partial charge on any atom is -0.478 e. The fourth-order valence-electron chi connectivity index (χ4n) is 5.42. The van der Waals surface area contributed by atoms with Crippen LogP contribution in [0.15, 0.2) is 54.6 Å². The van der Waals surface area contributed by atoms with Crippen molar-refractivity contribution in [1.82, 2.24) is 4.90 Å². The van der Waals surface area contributed by atoms with Gasteiger partial charge in [-0.3, -0.25) is 4.90 Å². The Morgan fingerprint density at radius 3 is 2.16 bits per heavy atom. The van der Waals surface area contributed by atoms with Crippen molar-refractivity contribution in [2.75, 3.05) is 31.1 Å². The van der Waals surface area contributed by atoms with Gasteiger partial charge in [-0.2, -0.15) is 0 Å². The predicted molar refractivity (Wildman–Crippen MR) is 139 cm³/mol. The lowest BCUT2D eigenvalue weighted by Gasteiger charge is -2.38. The number of rotatable bonds is 5. The van der Waals surface area contributed by atoms with Crippen LogP contribution in [0.3, 0.4) is 0 Å². The lowest BCUT2D eigenvalue weighted by atomic mass is 9.79. The van der Waals surface area contributed by atoms with Crippen molar-refractivity contribution in [3.8, 4) is 0 Å². The van der Waals surface area contributed by atoms with Gasteiger partial charge in [-0.25, -0.2) is 18.0 Å². The number of fused-ring (bicyclic) bond motifs is 1. The highest BCUT2D eigenvalue weighted by molar-refractivity contribution is 6.01. The van der Waals surface area contributed by atoms with E-state index in [1.54, 1.807) is 12.1 Å². The molecule has 0 radical (unpaired) electrons. The Morgan fingerprint density at radius 1 is 0.838 bits per heavy atom.